The number of hydrogen-bond acceptors (Lipinski definition) is 2. The number of carboxylic acid groups (broad SMARTS) is 1. The summed E-state index contributed by atoms with van der Waals surface area (Å²) in [4.78, 5) is 10.6. The summed E-state index contributed by atoms with van der Waals surface area (Å²) in [6.45, 7) is 5.38. The molecule has 0 radical (unpaired) electrons. The maximum Gasteiger partial charge on any atom is 0.323 e. The zero-order valence-electron chi connectivity index (χ0n) is 6.84. The van der Waals surface area contributed by atoms with Gasteiger partial charge in [-0.1, -0.05) is 19.4 Å². The van der Waals surface area contributed by atoms with Crippen molar-refractivity contribution in [3.63, 3.8) is 0 Å². The summed E-state index contributed by atoms with van der Waals surface area (Å²) in [5.41, 5.74) is 4.49. The van der Waals surface area contributed by atoms with Crippen molar-refractivity contribution in [2.75, 3.05) is 0 Å². The van der Waals surface area contributed by atoms with E-state index >= 15 is 0 Å². The van der Waals surface area contributed by atoms with Crippen molar-refractivity contribution in [1.29, 1.82) is 0 Å². The standard InChI is InChI=1S/C8H15NO2/c1-3-5-8(9,6-4-2)7(10)11/h3H,1,4-6,9H2,2H3,(H,10,11)/t8-/m0/s1. The lowest BCUT2D eigenvalue weighted by Crippen LogP contribution is -2.47. The normalized spacial score (nSPS) is 15.5. The SMILES string of the molecule is C=CC[C@](N)(CCC)C(=O)O. The quantitative estimate of drug-likeness (QED) is 0.588. The highest BCUT2D eigenvalue weighted by atomic mass is 16.4. The maximum absolute atomic E-state index is 10.6. The van der Waals surface area contributed by atoms with Crippen LogP contribution in [0.1, 0.15) is 26.2 Å². The van der Waals surface area contributed by atoms with Gasteiger partial charge in [-0.15, -0.1) is 6.58 Å². The van der Waals surface area contributed by atoms with Crippen LogP contribution in [0.4, 0.5) is 0 Å². The van der Waals surface area contributed by atoms with E-state index in [2.05, 4.69) is 6.58 Å². The Kier molecular flexibility index (Phi) is 3.82. The topological polar surface area (TPSA) is 63.3 Å². The van der Waals surface area contributed by atoms with Crippen molar-refractivity contribution in [2.45, 2.75) is 31.7 Å². The van der Waals surface area contributed by atoms with Crippen molar-refractivity contribution in [3.8, 4) is 0 Å². The minimum atomic E-state index is -1.10. The molecule has 0 unspecified atom stereocenters. The summed E-state index contributed by atoms with van der Waals surface area (Å²) in [5, 5.41) is 8.72. The lowest BCUT2D eigenvalue weighted by molar-refractivity contribution is -0.143. The molecule has 3 N–H and O–H groups in total. The first-order valence-corrected chi connectivity index (χ1v) is 3.70. The van der Waals surface area contributed by atoms with E-state index in [0.29, 0.717) is 12.8 Å². The zero-order valence-corrected chi connectivity index (χ0v) is 6.84. The smallest absolute Gasteiger partial charge is 0.323 e. The Morgan fingerprint density at radius 2 is 2.36 bits per heavy atom. The number of nitrogens with two attached hydrogens (primary N) is 1. The third-order valence-electron chi connectivity index (χ3n) is 1.63. The van der Waals surface area contributed by atoms with Crippen LogP contribution in [0.25, 0.3) is 0 Å². The van der Waals surface area contributed by atoms with Gasteiger partial charge in [-0.25, -0.2) is 0 Å². The Bertz CT molecular complexity index is 156. The predicted molar refractivity (Wildman–Crippen MR) is 44.3 cm³/mol. The number of hydrogen-bond donors (Lipinski definition) is 2. The molecule has 3 heteroatoms. The third kappa shape index (κ3) is 2.72. The van der Waals surface area contributed by atoms with E-state index in [1.54, 1.807) is 6.08 Å². The Hall–Kier alpha value is -0.830. The molecule has 11 heavy (non-hydrogen) atoms. The van der Waals surface area contributed by atoms with Gasteiger partial charge in [-0.3, -0.25) is 4.79 Å². The molecule has 0 amide bonds. The third-order valence-corrected chi connectivity index (χ3v) is 1.63. The van der Waals surface area contributed by atoms with E-state index in [1.165, 1.54) is 0 Å². The molecule has 0 heterocycles. The summed E-state index contributed by atoms with van der Waals surface area (Å²) < 4.78 is 0. The van der Waals surface area contributed by atoms with E-state index < -0.39 is 11.5 Å². The molecule has 0 aliphatic carbocycles. The second-order valence-electron chi connectivity index (χ2n) is 2.70. The van der Waals surface area contributed by atoms with Gasteiger partial charge in [-0.2, -0.15) is 0 Å². The Labute approximate surface area is 66.9 Å². The fourth-order valence-electron chi connectivity index (χ4n) is 1.000. The van der Waals surface area contributed by atoms with Crippen molar-refractivity contribution in [3.05, 3.63) is 12.7 Å². The van der Waals surface area contributed by atoms with Crippen molar-refractivity contribution < 1.29 is 9.90 Å². The van der Waals surface area contributed by atoms with Crippen LogP contribution in [-0.4, -0.2) is 16.6 Å². The summed E-state index contributed by atoms with van der Waals surface area (Å²) in [6.07, 6.45) is 3.14. The van der Waals surface area contributed by atoms with Crippen LogP contribution in [0.5, 0.6) is 0 Å². The molecule has 0 saturated heterocycles. The largest absolute Gasteiger partial charge is 0.480 e. The first-order valence-electron chi connectivity index (χ1n) is 3.70. The fraction of sp³-hybridized carbons (Fsp3) is 0.625. The molecule has 0 aromatic heterocycles. The van der Waals surface area contributed by atoms with Crippen LogP contribution in [-0.2, 0) is 4.79 Å². The van der Waals surface area contributed by atoms with Gasteiger partial charge >= 0.3 is 5.97 Å². The van der Waals surface area contributed by atoms with Crippen LogP contribution in [0.2, 0.25) is 0 Å². The van der Waals surface area contributed by atoms with E-state index in [-0.39, 0.29) is 0 Å². The molecule has 0 bridgehead atoms. The Balaban J connectivity index is 4.24. The molecule has 0 saturated carbocycles. The first kappa shape index (κ1) is 10.2. The summed E-state index contributed by atoms with van der Waals surface area (Å²) in [6, 6.07) is 0. The fourth-order valence-corrected chi connectivity index (χ4v) is 1.000. The van der Waals surface area contributed by atoms with Crippen LogP contribution < -0.4 is 5.73 Å². The number of carboxylic acids is 1. The number of carbonyl (C=O) groups is 1. The zero-order chi connectivity index (χ0) is 8.91. The number of aliphatic carboxylic acids is 1. The average Bonchev–Trinajstić information content (AvgIpc) is 1.88. The predicted octanol–water partition coefficient (Wildman–Crippen LogP) is 1.14. The van der Waals surface area contributed by atoms with Crippen molar-refractivity contribution in [1.82, 2.24) is 0 Å². The van der Waals surface area contributed by atoms with Gasteiger partial charge in [0.15, 0.2) is 0 Å². The molecule has 0 spiro atoms. The van der Waals surface area contributed by atoms with Gasteiger partial charge in [0.25, 0.3) is 0 Å². The lowest BCUT2D eigenvalue weighted by Gasteiger charge is -2.21. The summed E-state index contributed by atoms with van der Waals surface area (Å²) in [5.74, 6) is -0.945. The molecule has 1 atom stereocenters. The highest BCUT2D eigenvalue weighted by molar-refractivity contribution is 5.78. The van der Waals surface area contributed by atoms with Gasteiger partial charge in [0.2, 0.25) is 0 Å². The van der Waals surface area contributed by atoms with E-state index in [0.717, 1.165) is 6.42 Å². The second kappa shape index (κ2) is 4.13. The molecule has 0 aliphatic rings. The van der Waals surface area contributed by atoms with Gasteiger partial charge in [0, 0.05) is 0 Å². The molecular formula is C8H15NO2. The van der Waals surface area contributed by atoms with E-state index in [9.17, 15) is 4.79 Å². The Morgan fingerprint density at radius 1 is 1.82 bits per heavy atom. The molecule has 0 aromatic rings. The maximum atomic E-state index is 10.6. The van der Waals surface area contributed by atoms with Gasteiger partial charge in [-0.05, 0) is 12.8 Å². The molecule has 64 valence electrons. The van der Waals surface area contributed by atoms with Crippen LogP contribution in [0.3, 0.4) is 0 Å². The van der Waals surface area contributed by atoms with Gasteiger partial charge in [0.1, 0.15) is 5.54 Å². The minimum absolute atomic E-state index is 0.330. The van der Waals surface area contributed by atoms with Crippen molar-refractivity contribution in [2.24, 2.45) is 5.73 Å². The monoisotopic (exact) mass is 157 g/mol. The molecule has 0 fully saturated rings. The highest BCUT2D eigenvalue weighted by Gasteiger charge is 2.30. The molecule has 0 aliphatic heterocycles. The van der Waals surface area contributed by atoms with E-state index in [4.69, 9.17) is 10.8 Å². The second-order valence-corrected chi connectivity index (χ2v) is 2.70. The van der Waals surface area contributed by atoms with Crippen LogP contribution >= 0.6 is 0 Å². The number of rotatable bonds is 5. The first-order chi connectivity index (χ1) is 5.06. The summed E-state index contributed by atoms with van der Waals surface area (Å²) in [7, 11) is 0. The molecular weight excluding hydrogens is 142 g/mol. The Morgan fingerprint density at radius 3 is 2.64 bits per heavy atom. The minimum Gasteiger partial charge on any atom is -0.480 e. The lowest BCUT2D eigenvalue weighted by atomic mass is 9.91. The summed E-state index contributed by atoms with van der Waals surface area (Å²) >= 11 is 0. The van der Waals surface area contributed by atoms with Crippen LogP contribution in [0, 0.1) is 0 Å². The van der Waals surface area contributed by atoms with E-state index in [1.807, 2.05) is 6.92 Å². The van der Waals surface area contributed by atoms with Gasteiger partial charge < -0.3 is 10.8 Å². The molecule has 0 rings (SSSR count). The van der Waals surface area contributed by atoms with Gasteiger partial charge in [0.05, 0.1) is 0 Å². The molecule has 0 aromatic carbocycles. The van der Waals surface area contributed by atoms with Crippen LogP contribution in [0.15, 0.2) is 12.7 Å². The average molecular weight is 157 g/mol. The highest BCUT2D eigenvalue weighted by Crippen LogP contribution is 2.14. The molecule has 3 nitrogen and oxygen atoms in total. The van der Waals surface area contributed by atoms with Crippen molar-refractivity contribution >= 4 is 5.97 Å².